The van der Waals surface area contributed by atoms with Gasteiger partial charge in [0.25, 0.3) is 0 Å². The summed E-state index contributed by atoms with van der Waals surface area (Å²) in [4.78, 5) is 11.2. The highest BCUT2D eigenvalue weighted by atomic mass is 35.5. The second kappa shape index (κ2) is 6.37. The van der Waals surface area contributed by atoms with Crippen molar-refractivity contribution in [2.45, 2.75) is 27.0 Å². The van der Waals surface area contributed by atoms with Gasteiger partial charge in [-0.15, -0.1) is 0 Å². The Morgan fingerprint density at radius 2 is 2.14 bits per heavy atom. The van der Waals surface area contributed by atoms with E-state index in [0.29, 0.717) is 23.0 Å². The van der Waals surface area contributed by atoms with Crippen LogP contribution in [0.5, 0.6) is 5.75 Å². The number of halogens is 2. The molecule has 7 heteroatoms. The zero-order valence-corrected chi connectivity index (χ0v) is 13.1. The zero-order valence-electron chi connectivity index (χ0n) is 11.6. The van der Waals surface area contributed by atoms with Crippen molar-refractivity contribution in [3.05, 3.63) is 45.2 Å². The molecule has 0 saturated carbocycles. The van der Waals surface area contributed by atoms with Gasteiger partial charge in [-0.05, 0) is 26.0 Å². The Labute approximate surface area is 132 Å². The minimum absolute atomic E-state index is 0.0606. The van der Waals surface area contributed by atoms with Crippen LogP contribution < -0.4 is 4.74 Å². The van der Waals surface area contributed by atoms with Gasteiger partial charge in [-0.2, -0.15) is 5.10 Å². The summed E-state index contributed by atoms with van der Waals surface area (Å²) in [5, 5.41) is 14.1. The van der Waals surface area contributed by atoms with E-state index in [1.807, 2.05) is 6.92 Å². The first kappa shape index (κ1) is 15.7. The van der Waals surface area contributed by atoms with Gasteiger partial charge in [-0.25, -0.2) is 4.79 Å². The van der Waals surface area contributed by atoms with Crippen LogP contribution in [0, 0.1) is 6.92 Å². The normalized spacial score (nSPS) is 10.7. The monoisotopic (exact) mass is 328 g/mol. The zero-order chi connectivity index (χ0) is 15.6. The molecule has 1 aromatic carbocycles. The first-order valence-electron chi connectivity index (χ1n) is 6.32. The highest BCUT2D eigenvalue weighted by Gasteiger charge is 2.18. The molecule has 0 aliphatic rings. The van der Waals surface area contributed by atoms with E-state index in [0.717, 1.165) is 0 Å². The van der Waals surface area contributed by atoms with Gasteiger partial charge in [-0.1, -0.05) is 29.3 Å². The fourth-order valence-electron chi connectivity index (χ4n) is 1.99. The van der Waals surface area contributed by atoms with Gasteiger partial charge >= 0.3 is 5.97 Å². The summed E-state index contributed by atoms with van der Waals surface area (Å²) in [5.41, 5.74) is 1.35. The van der Waals surface area contributed by atoms with Crippen LogP contribution in [0.25, 0.3) is 0 Å². The fraction of sp³-hybridized carbons (Fsp3) is 0.286. The number of carbonyl (C=O) groups is 1. The Morgan fingerprint density at radius 3 is 2.76 bits per heavy atom. The number of carboxylic acids is 1. The van der Waals surface area contributed by atoms with Gasteiger partial charge in [0, 0.05) is 6.54 Å². The number of ether oxygens (including phenoxy) is 1. The van der Waals surface area contributed by atoms with Gasteiger partial charge in [0.1, 0.15) is 17.9 Å². The first-order valence-corrected chi connectivity index (χ1v) is 7.07. The van der Waals surface area contributed by atoms with Crippen molar-refractivity contribution in [1.29, 1.82) is 0 Å². The summed E-state index contributed by atoms with van der Waals surface area (Å²) in [6.07, 6.45) is 0. The molecule has 2 aromatic rings. The predicted molar refractivity (Wildman–Crippen MR) is 80.4 cm³/mol. The van der Waals surface area contributed by atoms with E-state index < -0.39 is 5.97 Å². The number of aromatic nitrogens is 2. The molecule has 0 aliphatic carbocycles. The fourth-order valence-corrected chi connectivity index (χ4v) is 2.42. The van der Waals surface area contributed by atoms with Crippen molar-refractivity contribution in [2.24, 2.45) is 0 Å². The van der Waals surface area contributed by atoms with E-state index in [4.69, 9.17) is 27.9 Å². The summed E-state index contributed by atoms with van der Waals surface area (Å²) in [5.74, 6) is -0.936. The van der Waals surface area contributed by atoms with Crippen LogP contribution in [0.4, 0.5) is 0 Å². The first-order chi connectivity index (χ1) is 9.95. The summed E-state index contributed by atoms with van der Waals surface area (Å²) in [7, 11) is 0. The molecule has 1 aromatic heterocycles. The van der Waals surface area contributed by atoms with Crippen LogP contribution in [0.3, 0.4) is 0 Å². The highest BCUT2D eigenvalue weighted by molar-refractivity contribution is 6.34. The minimum atomic E-state index is -1.14. The van der Waals surface area contributed by atoms with Crippen molar-refractivity contribution in [3.63, 3.8) is 0 Å². The lowest BCUT2D eigenvalue weighted by molar-refractivity contribution is 0.0692. The molecule has 0 aliphatic heterocycles. The van der Waals surface area contributed by atoms with E-state index in [1.54, 1.807) is 23.7 Å². The van der Waals surface area contributed by atoms with Crippen LogP contribution in [-0.4, -0.2) is 20.9 Å². The molecule has 0 radical (unpaired) electrons. The number of hydrogen-bond donors (Lipinski definition) is 1. The molecule has 0 fully saturated rings. The summed E-state index contributed by atoms with van der Waals surface area (Å²) in [6, 6.07) is 4.70. The molecule has 0 atom stereocenters. The van der Waals surface area contributed by atoms with Crippen LogP contribution in [0.15, 0.2) is 18.2 Å². The van der Waals surface area contributed by atoms with Crippen LogP contribution in [-0.2, 0) is 13.2 Å². The van der Waals surface area contributed by atoms with E-state index in [2.05, 4.69) is 5.10 Å². The highest BCUT2D eigenvalue weighted by Crippen LogP contribution is 2.28. The van der Waals surface area contributed by atoms with Crippen molar-refractivity contribution in [3.8, 4) is 5.75 Å². The molecule has 112 valence electrons. The van der Waals surface area contributed by atoms with Gasteiger partial charge in [0.05, 0.1) is 21.4 Å². The molecule has 0 unspecified atom stereocenters. The Kier molecular flexibility index (Phi) is 4.75. The maximum absolute atomic E-state index is 11.2. The van der Waals surface area contributed by atoms with Gasteiger partial charge in [0.2, 0.25) is 0 Å². The summed E-state index contributed by atoms with van der Waals surface area (Å²) >= 11 is 12.1. The lowest BCUT2D eigenvalue weighted by atomic mass is 10.2. The molecule has 0 amide bonds. The van der Waals surface area contributed by atoms with E-state index >= 15 is 0 Å². The quantitative estimate of drug-likeness (QED) is 0.906. The number of aromatic carboxylic acids is 1. The maximum Gasteiger partial charge on any atom is 0.341 e. The lowest BCUT2D eigenvalue weighted by Crippen LogP contribution is -2.09. The third kappa shape index (κ3) is 3.14. The SMILES string of the molecule is CCn1nc(C)c(Cl)c1COc1cccc(Cl)c1C(=O)O. The Hall–Kier alpha value is -1.72. The average molecular weight is 329 g/mol. The largest absolute Gasteiger partial charge is 0.486 e. The molecule has 1 N–H and O–H groups in total. The standard InChI is InChI=1S/C14H14Cl2N2O3/c1-3-18-10(13(16)8(2)17-18)7-21-11-6-4-5-9(15)12(11)14(19)20/h4-6H,3,7H2,1-2H3,(H,19,20). The number of aryl methyl sites for hydroxylation is 2. The predicted octanol–water partition coefficient (Wildman–Crippen LogP) is 3.80. The van der Waals surface area contributed by atoms with Gasteiger partial charge in [0.15, 0.2) is 0 Å². The minimum Gasteiger partial charge on any atom is -0.486 e. The Balaban J connectivity index is 2.29. The van der Waals surface area contributed by atoms with E-state index in [-0.39, 0.29) is 22.9 Å². The number of rotatable bonds is 5. The van der Waals surface area contributed by atoms with Crippen molar-refractivity contribution >= 4 is 29.2 Å². The third-order valence-electron chi connectivity index (χ3n) is 3.01. The number of carboxylic acid groups (broad SMARTS) is 1. The van der Waals surface area contributed by atoms with Crippen molar-refractivity contribution in [1.82, 2.24) is 9.78 Å². The average Bonchev–Trinajstić information content (AvgIpc) is 2.71. The van der Waals surface area contributed by atoms with Gasteiger partial charge < -0.3 is 9.84 Å². The molecule has 5 nitrogen and oxygen atoms in total. The molecular weight excluding hydrogens is 315 g/mol. The molecule has 1 heterocycles. The summed E-state index contributed by atoms with van der Waals surface area (Å²) in [6.45, 7) is 4.51. The molecule has 21 heavy (non-hydrogen) atoms. The van der Waals surface area contributed by atoms with Gasteiger partial charge in [-0.3, -0.25) is 4.68 Å². The maximum atomic E-state index is 11.2. The smallest absolute Gasteiger partial charge is 0.341 e. The number of nitrogens with zero attached hydrogens (tertiary/aromatic N) is 2. The molecule has 0 saturated heterocycles. The third-order valence-corrected chi connectivity index (χ3v) is 3.81. The second-order valence-electron chi connectivity index (χ2n) is 4.37. The molecule has 0 bridgehead atoms. The molecular formula is C14H14Cl2N2O3. The summed E-state index contributed by atoms with van der Waals surface area (Å²) < 4.78 is 7.32. The number of benzene rings is 1. The van der Waals surface area contributed by atoms with Crippen molar-refractivity contribution < 1.29 is 14.6 Å². The molecule has 0 spiro atoms. The molecule has 2 rings (SSSR count). The number of hydrogen-bond acceptors (Lipinski definition) is 3. The van der Waals surface area contributed by atoms with Crippen molar-refractivity contribution in [2.75, 3.05) is 0 Å². The Morgan fingerprint density at radius 1 is 1.43 bits per heavy atom. The van der Waals surface area contributed by atoms with Crippen LogP contribution in [0.2, 0.25) is 10.0 Å². The topological polar surface area (TPSA) is 64.4 Å². The van der Waals surface area contributed by atoms with Crippen LogP contribution in [0.1, 0.15) is 28.7 Å². The van der Waals surface area contributed by atoms with E-state index in [9.17, 15) is 9.90 Å². The van der Waals surface area contributed by atoms with E-state index in [1.165, 1.54) is 6.07 Å². The second-order valence-corrected chi connectivity index (χ2v) is 5.15. The van der Waals surface area contributed by atoms with Crippen LogP contribution >= 0.6 is 23.2 Å². The Bertz CT molecular complexity index is 683. The lowest BCUT2D eigenvalue weighted by Gasteiger charge is -2.11.